The SMILES string of the molecule is C[C@H](CN=[N+]=[N-])c1ccccc1.C[C@H](COS(C)(=O)=O)c1ccccc1.[N-]=[N+]=[N-].[Na+]. The van der Waals surface area contributed by atoms with Crippen molar-refractivity contribution >= 4 is 10.1 Å². The molecule has 11 heteroatoms. The summed E-state index contributed by atoms with van der Waals surface area (Å²) < 4.78 is 26.2. The average molecular weight is 441 g/mol. The molecule has 0 fully saturated rings. The van der Waals surface area contributed by atoms with Crippen LogP contribution < -0.4 is 29.6 Å². The van der Waals surface area contributed by atoms with Crippen molar-refractivity contribution in [3.8, 4) is 0 Å². The van der Waals surface area contributed by atoms with Crippen LogP contribution in [0.4, 0.5) is 0 Å². The third-order valence-electron chi connectivity index (χ3n) is 3.69. The van der Waals surface area contributed by atoms with Crippen LogP contribution in [0.5, 0.6) is 0 Å². The molecule has 2 rings (SSSR count). The van der Waals surface area contributed by atoms with Gasteiger partial charge in [-0.1, -0.05) is 79.6 Å². The molecule has 0 aliphatic rings. The van der Waals surface area contributed by atoms with Crippen LogP contribution in [0.3, 0.4) is 0 Å². The van der Waals surface area contributed by atoms with Crippen LogP contribution in [-0.4, -0.2) is 27.8 Å². The largest absolute Gasteiger partial charge is 1.00 e. The first-order valence-electron chi connectivity index (χ1n) is 8.68. The number of rotatable bonds is 7. The van der Waals surface area contributed by atoms with E-state index in [2.05, 4.69) is 10.0 Å². The predicted molar refractivity (Wildman–Crippen MR) is 115 cm³/mol. The van der Waals surface area contributed by atoms with Crippen LogP contribution in [0.15, 0.2) is 65.8 Å². The summed E-state index contributed by atoms with van der Waals surface area (Å²) in [5.41, 5.74) is 23.9. The van der Waals surface area contributed by atoms with Crippen LogP contribution in [0.2, 0.25) is 0 Å². The predicted octanol–water partition coefficient (Wildman–Crippen LogP) is 2.74. The molecular formula is C19H25N6NaO3S. The van der Waals surface area contributed by atoms with Crippen molar-refractivity contribution in [2.75, 3.05) is 19.4 Å². The molecule has 30 heavy (non-hydrogen) atoms. The van der Waals surface area contributed by atoms with Gasteiger partial charge in [0, 0.05) is 17.4 Å². The Morgan fingerprint density at radius 2 is 1.30 bits per heavy atom. The minimum atomic E-state index is -3.33. The average Bonchev–Trinajstić information content (AvgIpc) is 2.72. The maximum Gasteiger partial charge on any atom is 1.00 e. The van der Waals surface area contributed by atoms with Gasteiger partial charge in [-0.25, -0.2) is 0 Å². The fraction of sp³-hybridized carbons (Fsp3) is 0.368. The molecule has 0 unspecified atom stereocenters. The van der Waals surface area contributed by atoms with Crippen molar-refractivity contribution in [2.45, 2.75) is 25.7 Å². The van der Waals surface area contributed by atoms with Gasteiger partial charge in [0.2, 0.25) is 0 Å². The molecule has 2 aromatic rings. The number of hydrogen-bond donors (Lipinski definition) is 0. The van der Waals surface area contributed by atoms with Crippen molar-refractivity contribution < 1.29 is 42.2 Å². The van der Waals surface area contributed by atoms with Crippen LogP contribution in [0.1, 0.15) is 36.8 Å². The summed E-state index contributed by atoms with van der Waals surface area (Å²) in [6.45, 7) is 4.70. The molecule has 0 N–H and O–H groups in total. The summed E-state index contributed by atoms with van der Waals surface area (Å²) in [5.74, 6) is 0.396. The van der Waals surface area contributed by atoms with Crippen LogP contribution in [0.25, 0.3) is 26.4 Å². The second-order valence-electron chi connectivity index (χ2n) is 6.11. The van der Waals surface area contributed by atoms with E-state index in [4.69, 9.17) is 20.8 Å². The Hall–Kier alpha value is -2.03. The van der Waals surface area contributed by atoms with Gasteiger partial charge in [-0.15, -0.1) is 0 Å². The summed E-state index contributed by atoms with van der Waals surface area (Å²) in [5, 5.41) is 3.53. The molecule has 0 bridgehead atoms. The van der Waals surface area contributed by atoms with E-state index in [1.54, 1.807) is 0 Å². The number of nitrogens with zero attached hydrogens (tertiary/aromatic N) is 6. The van der Waals surface area contributed by atoms with Gasteiger partial charge in [0.25, 0.3) is 10.1 Å². The van der Waals surface area contributed by atoms with E-state index in [1.165, 1.54) is 10.5 Å². The van der Waals surface area contributed by atoms with E-state index in [0.717, 1.165) is 11.8 Å². The van der Waals surface area contributed by atoms with Gasteiger partial charge in [0.1, 0.15) is 0 Å². The van der Waals surface area contributed by atoms with Crippen LogP contribution in [0, 0.1) is 0 Å². The van der Waals surface area contributed by atoms with Crippen LogP contribution >= 0.6 is 0 Å². The molecule has 2 aromatic carbocycles. The quantitative estimate of drug-likeness (QED) is 0.214. The maximum absolute atomic E-state index is 10.7. The Balaban J connectivity index is 0. The fourth-order valence-corrected chi connectivity index (χ4v) is 2.60. The second-order valence-corrected chi connectivity index (χ2v) is 7.76. The van der Waals surface area contributed by atoms with Gasteiger partial charge < -0.3 is 11.1 Å². The molecule has 0 saturated carbocycles. The molecule has 0 radical (unpaired) electrons. The van der Waals surface area contributed by atoms with Crippen molar-refractivity contribution in [1.82, 2.24) is 0 Å². The fourth-order valence-electron chi connectivity index (χ4n) is 2.15. The standard InChI is InChI=1S/C10H14O3S.C9H11N3.N3.Na/c1-9(8-13-14(2,11)12)10-6-4-3-5-7-10;1-8(7-11-12-10)9-5-3-2-4-6-9;1-3-2;/h3-7,9H,8H2,1-2H3;2-6,8H,7H2,1H3;;/q;;-1;+1/t9-;8-;;/m11../s1. The first kappa shape index (κ1) is 30.2. The molecule has 9 nitrogen and oxygen atoms in total. The molecule has 0 aliphatic heterocycles. The molecule has 0 aliphatic carbocycles. The second kappa shape index (κ2) is 17.8. The molecular weight excluding hydrogens is 415 g/mol. The minimum absolute atomic E-state index is 0. The molecule has 156 valence electrons. The van der Waals surface area contributed by atoms with E-state index in [1.807, 2.05) is 74.5 Å². The molecule has 0 aromatic heterocycles. The number of azide groups is 1. The summed E-state index contributed by atoms with van der Waals surface area (Å²) in [7, 11) is -3.33. The monoisotopic (exact) mass is 440 g/mol. The maximum atomic E-state index is 10.7. The Kier molecular flexibility index (Phi) is 17.9. The van der Waals surface area contributed by atoms with E-state index in [0.29, 0.717) is 12.5 Å². The summed E-state index contributed by atoms with van der Waals surface area (Å²) in [4.78, 5) is 4.23. The van der Waals surface area contributed by atoms with E-state index in [9.17, 15) is 8.42 Å². The van der Waals surface area contributed by atoms with Gasteiger partial charge in [0.05, 0.1) is 12.9 Å². The molecule has 0 saturated heterocycles. The van der Waals surface area contributed by atoms with Crippen molar-refractivity contribution in [3.05, 3.63) is 98.2 Å². The zero-order chi connectivity index (χ0) is 22.1. The third-order valence-corrected chi connectivity index (χ3v) is 4.25. The van der Waals surface area contributed by atoms with Crippen molar-refractivity contribution in [1.29, 1.82) is 0 Å². The Morgan fingerprint density at radius 3 is 1.67 bits per heavy atom. The van der Waals surface area contributed by atoms with E-state index in [-0.39, 0.29) is 42.1 Å². The van der Waals surface area contributed by atoms with E-state index < -0.39 is 10.1 Å². The molecule has 2 atom stereocenters. The van der Waals surface area contributed by atoms with Crippen molar-refractivity contribution in [3.63, 3.8) is 0 Å². The van der Waals surface area contributed by atoms with Crippen molar-refractivity contribution in [2.24, 2.45) is 5.11 Å². The Morgan fingerprint density at radius 1 is 0.900 bits per heavy atom. The summed E-state index contributed by atoms with van der Waals surface area (Å²) in [6.07, 6.45) is 1.06. The van der Waals surface area contributed by atoms with E-state index >= 15 is 0 Å². The normalized spacial score (nSPS) is 11.4. The van der Waals surface area contributed by atoms with Gasteiger partial charge in [-0.2, -0.15) is 8.42 Å². The Labute approximate surface area is 199 Å². The van der Waals surface area contributed by atoms with Crippen LogP contribution in [-0.2, 0) is 14.3 Å². The number of benzene rings is 2. The Bertz CT molecular complexity index is 885. The zero-order valence-corrected chi connectivity index (χ0v) is 20.5. The summed E-state index contributed by atoms with van der Waals surface area (Å²) >= 11 is 0. The smallest absolute Gasteiger partial charge is 0.373 e. The summed E-state index contributed by atoms with van der Waals surface area (Å²) in [6, 6.07) is 19.7. The first-order chi connectivity index (χ1) is 13.7. The molecule has 0 heterocycles. The van der Waals surface area contributed by atoms with Gasteiger partial charge in [0.15, 0.2) is 0 Å². The number of hydrogen-bond acceptors (Lipinski definition) is 4. The first-order valence-corrected chi connectivity index (χ1v) is 10.5. The molecule has 0 spiro atoms. The van der Waals surface area contributed by atoms with Gasteiger partial charge >= 0.3 is 29.6 Å². The zero-order valence-electron chi connectivity index (χ0n) is 17.7. The van der Waals surface area contributed by atoms with Gasteiger partial charge in [-0.3, -0.25) is 9.09 Å². The minimum Gasteiger partial charge on any atom is -0.373 e. The topological polar surface area (TPSA) is 151 Å². The molecule has 0 amide bonds. The van der Waals surface area contributed by atoms with Gasteiger partial charge in [-0.05, 0) is 22.6 Å². The third kappa shape index (κ3) is 15.8.